The Morgan fingerprint density at radius 2 is 1.26 bits per heavy atom. The summed E-state index contributed by atoms with van der Waals surface area (Å²) in [7, 11) is 0. The maximum absolute atomic E-state index is 11.4. The molecule has 1 fully saturated rings. The number of ether oxygens (including phenoxy) is 4. The van der Waals surface area contributed by atoms with Gasteiger partial charge in [-0.25, -0.2) is 0 Å². The van der Waals surface area contributed by atoms with E-state index < -0.39 is 30.5 Å². The van der Waals surface area contributed by atoms with Crippen molar-refractivity contribution in [3.8, 4) is 0 Å². The van der Waals surface area contributed by atoms with E-state index in [1.165, 1.54) is 0 Å². The Bertz CT molecular complexity index is 1060. The average molecular weight is 517 g/mol. The molecule has 5 heteroatoms. The van der Waals surface area contributed by atoms with Crippen molar-refractivity contribution in [2.45, 2.75) is 76.5 Å². The highest BCUT2D eigenvalue weighted by atomic mass is 16.6. The Balaban J connectivity index is 1.52. The van der Waals surface area contributed by atoms with Gasteiger partial charge in [0, 0.05) is 0 Å². The van der Waals surface area contributed by atoms with Gasteiger partial charge in [0.2, 0.25) is 0 Å². The number of aliphatic hydroxyl groups is 1. The van der Waals surface area contributed by atoms with Crippen LogP contribution in [0.15, 0.2) is 103 Å². The molecule has 1 saturated heterocycles. The van der Waals surface area contributed by atoms with Crippen LogP contribution in [0.25, 0.3) is 0 Å². The van der Waals surface area contributed by atoms with E-state index in [1.807, 2.05) is 97.1 Å². The van der Waals surface area contributed by atoms with Crippen LogP contribution in [0, 0.1) is 0 Å². The number of rotatable bonds is 14. The van der Waals surface area contributed by atoms with Crippen molar-refractivity contribution in [2.24, 2.45) is 0 Å². The minimum absolute atomic E-state index is 0.325. The maximum atomic E-state index is 11.4. The van der Waals surface area contributed by atoms with E-state index in [2.05, 4.69) is 13.0 Å². The lowest BCUT2D eigenvalue weighted by atomic mass is 9.94. The molecule has 1 heterocycles. The van der Waals surface area contributed by atoms with Gasteiger partial charge in [-0.15, -0.1) is 0 Å². The van der Waals surface area contributed by atoms with E-state index in [1.54, 1.807) is 0 Å². The van der Waals surface area contributed by atoms with Crippen LogP contribution in [0.2, 0.25) is 0 Å². The second kappa shape index (κ2) is 15.6. The summed E-state index contributed by atoms with van der Waals surface area (Å²) in [6, 6.07) is 30.1. The molecule has 38 heavy (non-hydrogen) atoms. The van der Waals surface area contributed by atoms with Gasteiger partial charge in [-0.3, -0.25) is 0 Å². The first kappa shape index (κ1) is 28.2. The summed E-state index contributed by atoms with van der Waals surface area (Å²) in [4.78, 5) is 0. The molecule has 0 aliphatic carbocycles. The minimum atomic E-state index is -0.872. The number of unbranched alkanes of at least 4 members (excludes halogenated alkanes) is 2. The molecule has 0 spiro atoms. The van der Waals surface area contributed by atoms with Gasteiger partial charge in [0.25, 0.3) is 0 Å². The average Bonchev–Trinajstić information content (AvgIpc) is 2.96. The molecule has 0 bridgehead atoms. The Labute approximate surface area is 227 Å². The van der Waals surface area contributed by atoms with Crippen molar-refractivity contribution in [2.75, 3.05) is 6.61 Å². The summed E-state index contributed by atoms with van der Waals surface area (Å²) in [5.74, 6) is 0. The van der Waals surface area contributed by atoms with E-state index in [4.69, 9.17) is 18.9 Å². The molecule has 0 amide bonds. The van der Waals surface area contributed by atoms with Gasteiger partial charge < -0.3 is 24.1 Å². The van der Waals surface area contributed by atoms with E-state index in [9.17, 15) is 5.11 Å². The topological polar surface area (TPSA) is 57.2 Å². The summed E-state index contributed by atoms with van der Waals surface area (Å²) in [6.07, 6.45) is 4.34. The van der Waals surface area contributed by atoms with Gasteiger partial charge in [-0.1, -0.05) is 123 Å². The van der Waals surface area contributed by atoms with Gasteiger partial charge in [0.1, 0.15) is 30.5 Å². The van der Waals surface area contributed by atoms with Gasteiger partial charge in [0.15, 0.2) is 0 Å². The van der Waals surface area contributed by atoms with Crippen molar-refractivity contribution in [1.29, 1.82) is 0 Å². The predicted molar refractivity (Wildman–Crippen MR) is 149 cm³/mol. The lowest BCUT2D eigenvalue weighted by Gasteiger charge is -2.44. The molecule has 0 radical (unpaired) electrons. The molecule has 5 atom stereocenters. The van der Waals surface area contributed by atoms with Crippen molar-refractivity contribution in [3.63, 3.8) is 0 Å². The molecule has 1 N–H and O–H groups in total. The molecule has 1 aliphatic rings. The van der Waals surface area contributed by atoms with Gasteiger partial charge in [-0.05, 0) is 23.1 Å². The van der Waals surface area contributed by atoms with E-state index in [0.29, 0.717) is 26.4 Å². The molecular weight excluding hydrogens is 476 g/mol. The van der Waals surface area contributed by atoms with Crippen molar-refractivity contribution < 1.29 is 24.1 Å². The third-order valence-electron chi connectivity index (χ3n) is 6.71. The fourth-order valence-electron chi connectivity index (χ4n) is 4.59. The highest BCUT2D eigenvalue weighted by molar-refractivity contribution is 5.16. The Morgan fingerprint density at radius 3 is 1.82 bits per heavy atom. The number of aliphatic hydroxyl groups excluding tert-OH is 1. The van der Waals surface area contributed by atoms with Crippen LogP contribution >= 0.6 is 0 Å². The lowest BCUT2D eigenvalue weighted by Crippen LogP contribution is -2.60. The molecule has 3 aromatic carbocycles. The number of benzene rings is 3. The second-order valence-electron chi connectivity index (χ2n) is 9.72. The van der Waals surface area contributed by atoms with Crippen LogP contribution in [-0.4, -0.2) is 42.2 Å². The van der Waals surface area contributed by atoms with Crippen molar-refractivity contribution in [3.05, 3.63) is 120 Å². The third-order valence-corrected chi connectivity index (χ3v) is 6.71. The van der Waals surface area contributed by atoms with Crippen LogP contribution in [0.5, 0.6) is 0 Å². The van der Waals surface area contributed by atoms with E-state index >= 15 is 0 Å². The molecule has 0 aromatic heterocycles. The fraction of sp³-hybridized carbons (Fsp3) is 0.394. The maximum Gasteiger partial charge on any atom is 0.115 e. The summed E-state index contributed by atoms with van der Waals surface area (Å²) in [6.45, 7) is 3.73. The van der Waals surface area contributed by atoms with Gasteiger partial charge >= 0.3 is 0 Å². The lowest BCUT2D eigenvalue weighted by molar-refractivity contribution is -0.251. The van der Waals surface area contributed by atoms with Gasteiger partial charge in [-0.2, -0.15) is 0 Å². The van der Waals surface area contributed by atoms with Crippen molar-refractivity contribution >= 4 is 0 Å². The Hall–Kier alpha value is -2.80. The second-order valence-corrected chi connectivity index (χ2v) is 9.72. The van der Waals surface area contributed by atoms with Crippen LogP contribution in [-0.2, 0) is 38.8 Å². The highest BCUT2D eigenvalue weighted by Gasteiger charge is 2.46. The first-order valence-corrected chi connectivity index (χ1v) is 13.7. The smallest absolute Gasteiger partial charge is 0.115 e. The first-order chi connectivity index (χ1) is 18.7. The van der Waals surface area contributed by atoms with Crippen LogP contribution in [0.3, 0.4) is 0 Å². The van der Waals surface area contributed by atoms with E-state index in [0.717, 1.165) is 36.0 Å². The largest absolute Gasteiger partial charge is 0.387 e. The van der Waals surface area contributed by atoms with Crippen LogP contribution < -0.4 is 0 Å². The summed E-state index contributed by atoms with van der Waals surface area (Å²) in [5.41, 5.74) is 3.19. The molecule has 1 aliphatic heterocycles. The Morgan fingerprint density at radius 1 is 0.737 bits per heavy atom. The summed E-state index contributed by atoms with van der Waals surface area (Å²) >= 11 is 0. The summed E-state index contributed by atoms with van der Waals surface area (Å²) < 4.78 is 25.4. The zero-order chi connectivity index (χ0) is 26.4. The molecule has 0 saturated carbocycles. The van der Waals surface area contributed by atoms with E-state index in [-0.39, 0.29) is 0 Å². The molecule has 3 aromatic rings. The SMILES string of the molecule is CCCC/C=C/[C@H]1O[C@H](COCc2ccccc2)[C@@H](OCc2ccccc2)[C@H](OCc2ccccc2)[C@H]1O. The molecule has 4 rings (SSSR count). The standard InChI is InChI=1S/C33H40O5/c1-2-3-4-14-21-29-31(34)33(37-24-28-19-12-7-13-20-28)32(36-23-27-17-10-6-11-18-27)30(38-29)25-35-22-26-15-8-5-9-16-26/h5-21,29-34H,2-4,22-25H2,1H3/b21-14+/t29-,30-,31+,32-,33-/m1/s1. The third kappa shape index (κ3) is 8.62. The minimum Gasteiger partial charge on any atom is -0.387 e. The zero-order valence-corrected chi connectivity index (χ0v) is 22.2. The molecular formula is C33H40O5. The van der Waals surface area contributed by atoms with Crippen LogP contribution in [0.4, 0.5) is 0 Å². The fourth-order valence-corrected chi connectivity index (χ4v) is 4.59. The highest BCUT2D eigenvalue weighted by Crippen LogP contribution is 2.29. The summed E-state index contributed by atoms with van der Waals surface area (Å²) in [5, 5.41) is 11.4. The molecule has 5 nitrogen and oxygen atoms in total. The van der Waals surface area contributed by atoms with Crippen LogP contribution in [0.1, 0.15) is 42.9 Å². The van der Waals surface area contributed by atoms with Gasteiger partial charge in [0.05, 0.1) is 26.4 Å². The number of allylic oxidation sites excluding steroid dienone is 1. The zero-order valence-electron chi connectivity index (χ0n) is 22.2. The normalized spacial score (nSPS) is 23.6. The predicted octanol–water partition coefficient (Wildman–Crippen LogP) is 6.25. The number of hydrogen-bond donors (Lipinski definition) is 1. The monoisotopic (exact) mass is 516 g/mol. The number of hydrogen-bond acceptors (Lipinski definition) is 5. The quantitative estimate of drug-likeness (QED) is 0.203. The van der Waals surface area contributed by atoms with Crippen molar-refractivity contribution in [1.82, 2.24) is 0 Å². The first-order valence-electron chi connectivity index (χ1n) is 13.7. The Kier molecular flexibility index (Phi) is 11.6. The molecule has 0 unspecified atom stereocenters. The molecule has 202 valence electrons.